The van der Waals surface area contributed by atoms with Gasteiger partial charge in [-0.15, -0.1) is 6.42 Å². The first-order valence-corrected chi connectivity index (χ1v) is 5.66. The van der Waals surface area contributed by atoms with Crippen LogP contribution in [0.25, 0.3) is 0 Å². The molecule has 0 saturated carbocycles. The molecule has 4 nitrogen and oxygen atoms in total. The topological polar surface area (TPSA) is 46.9 Å². The SMILES string of the molecule is C#CCn1ncc(Cl)c(NCC(C)(C)C)c1=O. The van der Waals surface area contributed by atoms with E-state index < -0.39 is 0 Å². The first kappa shape index (κ1) is 13.6. The Morgan fingerprint density at radius 1 is 1.59 bits per heavy atom. The highest BCUT2D eigenvalue weighted by molar-refractivity contribution is 6.32. The zero-order valence-corrected chi connectivity index (χ0v) is 11.0. The first-order chi connectivity index (χ1) is 7.85. The van der Waals surface area contributed by atoms with Gasteiger partial charge in [-0.25, -0.2) is 4.68 Å². The van der Waals surface area contributed by atoms with Crippen molar-refractivity contribution in [3.8, 4) is 12.3 Å². The molecule has 0 aliphatic rings. The Morgan fingerprint density at radius 2 is 2.24 bits per heavy atom. The standard InChI is InChI=1S/C12H16ClN3O/c1-5-6-16-11(17)10(9(13)7-15-16)14-8-12(2,3)4/h1,7,14H,6,8H2,2-4H3. The van der Waals surface area contributed by atoms with Crippen molar-refractivity contribution in [1.82, 2.24) is 9.78 Å². The maximum absolute atomic E-state index is 12.0. The largest absolute Gasteiger partial charge is 0.379 e. The number of aromatic nitrogens is 2. The molecule has 17 heavy (non-hydrogen) atoms. The van der Waals surface area contributed by atoms with E-state index in [9.17, 15) is 4.79 Å². The summed E-state index contributed by atoms with van der Waals surface area (Å²) in [4.78, 5) is 12.0. The second kappa shape index (κ2) is 5.24. The second-order valence-corrected chi connectivity index (χ2v) is 5.36. The van der Waals surface area contributed by atoms with Gasteiger partial charge in [0.05, 0.1) is 11.2 Å². The molecule has 1 N–H and O–H groups in total. The van der Waals surface area contributed by atoms with Gasteiger partial charge in [0.25, 0.3) is 5.56 Å². The summed E-state index contributed by atoms with van der Waals surface area (Å²) in [5, 5.41) is 7.22. The number of terminal acetylenes is 1. The van der Waals surface area contributed by atoms with E-state index in [0.717, 1.165) is 0 Å². The molecule has 0 saturated heterocycles. The van der Waals surface area contributed by atoms with E-state index in [4.69, 9.17) is 18.0 Å². The van der Waals surface area contributed by atoms with Crippen molar-refractivity contribution >= 4 is 17.3 Å². The number of hydrogen-bond acceptors (Lipinski definition) is 3. The monoisotopic (exact) mass is 253 g/mol. The molecule has 1 aromatic rings. The minimum Gasteiger partial charge on any atom is -0.379 e. The molecule has 0 bridgehead atoms. The summed E-state index contributed by atoms with van der Waals surface area (Å²) in [6.07, 6.45) is 6.58. The van der Waals surface area contributed by atoms with Crippen LogP contribution < -0.4 is 10.9 Å². The van der Waals surface area contributed by atoms with Gasteiger partial charge in [0.1, 0.15) is 12.2 Å². The molecule has 0 amide bonds. The normalized spacial score (nSPS) is 11.0. The van der Waals surface area contributed by atoms with E-state index in [1.165, 1.54) is 10.9 Å². The molecule has 0 aromatic carbocycles. The third-order valence-corrected chi connectivity index (χ3v) is 2.32. The minimum atomic E-state index is -0.292. The van der Waals surface area contributed by atoms with E-state index in [1.54, 1.807) is 0 Å². The molecule has 0 unspecified atom stereocenters. The molecule has 0 radical (unpaired) electrons. The van der Waals surface area contributed by atoms with Crippen molar-refractivity contribution in [3.05, 3.63) is 21.6 Å². The summed E-state index contributed by atoms with van der Waals surface area (Å²) in [5.41, 5.74) is 0.113. The smallest absolute Gasteiger partial charge is 0.292 e. The maximum Gasteiger partial charge on any atom is 0.292 e. The Hall–Kier alpha value is -1.47. The second-order valence-electron chi connectivity index (χ2n) is 4.95. The van der Waals surface area contributed by atoms with Gasteiger partial charge in [-0.2, -0.15) is 5.10 Å². The van der Waals surface area contributed by atoms with Crippen LogP contribution in [0.5, 0.6) is 0 Å². The maximum atomic E-state index is 12.0. The Labute approximate surface area is 106 Å². The quantitative estimate of drug-likeness (QED) is 0.838. The zero-order valence-electron chi connectivity index (χ0n) is 10.2. The van der Waals surface area contributed by atoms with Gasteiger partial charge in [-0.1, -0.05) is 38.3 Å². The van der Waals surface area contributed by atoms with Gasteiger partial charge < -0.3 is 5.32 Å². The number of halogens is 1. The number of anilines is 1. The molecule has 0 atom stereocenters. The van der Waals surface area contributed by atoms with Crippen LogP contribution in [0.15, 0.2) is 11.0 Å². The Bertz CT molecular complexity index is 494. The molecule has 1 aromatic heterocycles. The van der Waals surface area contributed by atoms with Crippen LogP contribution in [0.2, 0.25) is 5.02 Å². The molecule has 0 aliphatic heterocycles. The highest BCUT2D eigenvalue weighted by atomic mass is 35.5. The van der Waals surface area contributed by atoms with Gasteiger partial charge in [-0.3, -0.25) is 4.79 Å². The lowest BCUT2D eigenvalue weighted by Gasteiger charge is -2.19. The van der Waals surface area contributed by atoms with Crippen LogP contribution >= 0.6 is 11.6 Å². The summed E-state index contributed by atoms with van der Waals surface area (Å²) in [7, 11) is 0. The molecular formula is C12H16ClN3O. The average Bonchev–Trinajstić information content (AvgIpc) is 2.21. The van der Waals surface area contributed by atoms with Gasteiger partial charge in [0.15, 0.2) is 0 Å². The molecule has 5 heteroatoms. The van der Waals surface area contributed by atoms with Gasteiger partial charge in [0, 0.05) is 6.54 Å². The fourth-order valence-corrected chi connectivity index (χ4v) is 1.37. The van der Waals surface area contributed by atoms with Crippen molar-refractivity contribution in [3.63, 3.8) is 0 Å². The highest BCUT2D eigenvalue weighted by Gasteiger charge is 2.14. The predicted octanol–water partition coefficient (Wildman–Crippen LogP) is 1.99. The third-order valence-electron chi connectivity index (χ3n) is 2.03. The summed E-state index contributed by atoms with van der Waals surface area (Å²) >= 11 is 5.94. The van der Waals surface area contributed by atoms with Crippen molar-refractivity contribution in [2.75, 3.05) is 11.9 Å². The molecular weight excluding hydrogens is 238 g/mol. The minimum absolute atomic E-state index is 0.0516. The van der Waals surface area contributed by atoms with Crippen LogP contribution in [-0.2, 0) is 6.54 Å². The van der Waals surface area contributed by atoms with Gasteiger partial charge >= 0.3 is 0 Å². The van der Waals surface area contributed by atoms with Crippen LogP contribution in [0.1, 0.15) is 20.8 Å². The fraction of sp³-hybridized carbons (Fsp3) is 0.500. The molecule has 92 valence electrons. The lowest BCUT2D eigenvalue weighted by atomic mass is 9.97. The molecule has 0 aliphatic carbocycles. The number of hydrogen-bond donors (Lipinski definition) is 1. The van der Waals surface area contributed by atoms with Crippen molar-refractivity contribution in [1.29, 1.82) is 0 Å². The Balaban J connectivity index is 3.03. The summed E-state index contributed by atoms with van der Waals surface area (Å²) < 4.78 is 1.21. The molecule has 0 fully saturated rings. The Morgan fingerprint density at radius 3 is 2.76 bits per heavy atom. The van der Waals surface area contributed by atoms with Gasteiger partial charge in [0.2, 0.25) is 0 Å². The summed E-state index contributed by atoms with van der Waals surface area (Å²) in [6.45, 7) is 6.97. The zero-order chi connectivity index (χ0) is 13.1. The van der Waals surface area contributed by atoms with E-state index in [1.807, 2.05) is 0 Å². The van der Waals surface area contributed by atoms with Crippen LogP contribution in [0.4, 0.5) is 5.69 Å². The average molecular weight is 254 g/mol. The lowest BCUT2D eigenvalue weighted by Crippen LogP contribution is -2.28. The summed E-state index contributed by atoms with van der Waals surface area (Å²) in [6, 6.07) is 0. The van der Waals surface area contributed by atoms with E-state index in [0.29, 0.717) is 17.3 Å². The Kier molecular flexibility index (Phi) is 4.19. The molecule has 1 rings (SSSR count). The van der Waals surface area contributed by atoms with Gasteiger partial charge in [-0.05, 0) is 5.41 Å². The predicted molar refractivity (Wildman–Crippen MR) is 70.3 cm³/mol. The van der Waals surface area contributed by atoms with E-state index in [2.05, 4.69) is 37.1 Å². The highest BCUT2D eigenvalue weighted by Crippen LogP contribution is 2.18. The fourth-order valence-electron chi connectivity index (χ4n) is 1.18. The first-order valence-electron chi connectivity index (χ1n) is 5.28. The van der Waals surface area contributed by atoms with Crippen LogP contribution in [-0.4, -0.2) is 16.3 Å². The lowest BCUT2D eigenvalue weighted by molar-refractivity contribution is 0.442. The van der Waals surface area contributed by atoms with Crippen molar-refractivity contribution < 1.29 is 0 Å². The van der Waals surface area contributed by atoms with Crippen molar-refractivity contribution in [2.45, 2.75) is 27.3 Å². The van der Waals surface area contributed by atoms with Crippen molar-refractivity contribution in [2.24, 2.45) is 5.41 Å². The van der Waals surface area contributed by atoms with E-state index >= 15 is 0 Å². The number of nitrogens with zero attached hydrogens (tertiary/aromatic N) is 2. The molecule has 1 heterocycles. The number of nitrogens with one attached hydrogen (secondary N) is 1. The van der Waals surface area contributed by atoms with Crippen LogP contribution in [0, 0.1) is 17.8 Å². The molecule has 0 spiro atoms. The summed E-state index contributed by atoms with van der Waals surface area (Å²) in [5.74, 6) is 2.37. The third kappa shape index (κ3) is 3.79. The van der Waals surface area contributed by atoms with E-state index in [-0.39, 0.29) is 17.5 Å². The number of rotatable bonds is 3. The van der Waals surface area contributed by atoms with Crippen LogP contribution in [0.3, 0.4) is 0 Å².